The second-order valence-corrected chi connectivity index (χ2v) is 4.48. The zero-order valence-electron chi connectivity index (χ0n) is 10.7. The van der Waals surface area contributed by atoms with Crippen molar-refractivity contribution in [2.75, 3.05) is 12.4 Å². The largest absolute Gasteiger partial charge is 0.496 e. The number of halogens is 1. The molecule has 0 aromatic heterocycles. The Labute approximate surface area is 121 Å². The van der Waals surface area contributed by atoms with Crippen LogP contribution in [0.2, 0.25) is 5.02 Å². The Bertz CT molecular complexity index is 638. The molecule has 2 rings (SSSR count). The number of rotatable bonds is 4. The first kappa shape index (κ1) is 14.1. The maximum absolute atomic E-state index is 12.2. The van der Waals surface area contributed by atoms with Crippen LogP contribution in [0.4, 0.5) is 5.69 Å². The molecule has 0 unspecified atom stereocenters. The predicted molar refractivity (Wildman–Crippen MR) is 77.8 cm³/mol. The second kappa shape index (κ2) is 6.21. The van der Waals surface area contributed by atoms with Crippen LogP contribution in [0.25, 0.3) is 0 Å². The number of carbonyl (C=O) groups excluding carboxylic acids is 2. The Balaban J connectivity index is 2.21. The Morgan fingerprint density at radius 1 is 1.20 bits per heavy atom. The molecule has 0 aliphatic heterocycles. The SMILES string of the molecule is COc1cc(Cl)ccc1C(=O)Nc1ccc(C=O)cc1. The van der Waals surface area contributed by atoms with Crippen molar-refractivity contribution >= 4 is 29.5 Å². The van der Waals surface area contributed by atoms with Crippen LogP contribution >= 0.6 is 11.6 Å². The van der Waals surface area contributed by atoms with Crippen molar-refractivity contribution in [1.82, 2.24) is 0 Å². The van der Waals surface area contributed by atoms with Gasteiger partial charge in [0.15, 0.2) is 0 Å². The summed E-state index contributed by atoms with van der Waals surface area (Å²) in [6.45, 7) is 0. The highest BCUT2D eigenvalue weighted by Crippen LogP contribution is 2.24. The summed E-state index contributed by atoms with van der Waals surface area (Å²) < 4.78 is 5.13. The molecular weight excluding hydrogens is 278 g/mol. The summed E-state index contributed by atoms with van der Waals surface area (Å²) in [6, 6.07) is 11.4. The molecular formula is C15H12ClNO3. The first-order chi connectivity index (χ1) is 9.63. The number of ether oxygens (including phenoxy) is 1. The molecule has 0 heterocycles. The standard InChI is InChI=1S/C15H12ClNO3/c1-20-14-8-11(16)4-7-13(14)15(19)17-12-5-2-10(9-18)3-6-12/h2-9H,1H3,(H,17,19). The molecule has 20 heavy (non-hydrogen) atoms. The molecule has 0 radical (unpaired) electrons. The zero-order chi connectivity index (χ0) is 14.5. The number of hydrogen-bond acceptors (Lipinski definition) is 3. The molecule has 102 valence electrons. The van der Waals surface area contributed by atoms with Gasteiger partial charge in [-0.3, -0.25) is 9.59 Å². The number of nitrogens with one attached hydrogen (secondary N) is 1. The van der Waals surface area contributed by atoms with E-state index in [0.717, 1.165) is 6.29 Å². The number of anilines is 1. The molecule has 4 nitrogen and oxygen atoms in total. The fraction of sp³-hybridized carbons (Fsp3) is 0.0667. The molecule has 2 aromatic rings. The summed E-state index contributed by atoms with van der Waals surface area (Å²) in [4.78, 5) is 22.7. The molecule has 0 fully saturated rings. The number of carbonyl (C=O) groups is 2. The maximum Gasteiger partial charge on any atom is 0.259 e. The van der Waals surface area contributed by atoms with Crippen molar-refractivity contribution in [3.8, 4) is 5.75 Å². The molecule has 1 N–H and O–H groups in total. The van der Waals surface area contributed by atoms with Crippen LogP contribution in [0, 0.1) is 0 Å². The number of aldehydes is 1. The van der Waals surface area contributed by atoms with Crippen LogP contribution in [-0.2, 0) is 0 Å². The summed E-state index contributed by atoms with van der Waals surface area (Å²) in [5.74, 6) is 0.0943. The minimum absolute atomic E-state index is 0.308. The van der Waals surface area contributed by atoms with E-state index in [2.05, 4.69) is 5.32 Å². The van der Waals surface area contributed by atoms with Crippen LogP contribution in [0.5, 0.6) is 5.75 Å². The molecule has 0 saturated carbocycles. The third kappa shape index (κ3) is 3.16. The minimum atomic E-state index is -0.308. The quantitative estimate of drug-likeness (QED) is 0.878. The molecule has 0 spiro atoms. The minimum Gasteiger partial charge on any atom is -0.496 e. The van der Waals surface area contributed by atoms with E-state index in [-0.39, 0.29) is 5.91 Å². The van der Waals surface area contributed by atoms with Gasteiger partial charge in [-0.25, -0.2) is 0 Å². The third-order valence-electron chi connectivity index (χ3n) is 2.71. The molecule has 0 bridgehead atoms. The van der Waals surface area contributed by atoms with Crippen LogP contribution in [0.15, 0.2) is 42.5 Å². The van der Waals surface area contributed by atoms with Gasteiger partial charge in [0.2, 0.25) is 0 Å². The van der Waals surface area contributed by atoms with E-state index in [9.17, 15) is 9.59 Å². The summed E-state index contributed by atoms with van der Waals surface area (Å²) in [5.41, 5.74) is 1.53. The zero-order valence-corrected chi connectivity index (χ0v) is 11.5. The van der Waals surface area contributed by atoms with Gasteiger partial charge in [0.25, 0.3) is 5.91 Å². The Hall–Kier alpha value is -2.33. The van der Waals surface area contributed by atoms with E-state index in [4.69, 9.17) is 16.3 Å². The number of benzene rings is 2. The predicted octanol–water partition coefficient (Wildman–Crippen LogP) is 3.41. The van der Waals surface area contributed by atoms with Crippen molar-refractivity contribution in [1.29, 1.82) is 0 Å². The van der Waals surface area contributed by atoms with Crippen molar-refractivity contribution in [2.24, 2.45) is 0 Å². The van der Waals surface area contributed by atoms with Gasteiger partial charge in [0.1, 0.15) is 12.0 Å². The monoisotopic (exact) mass is 289 g/mol. The van der Waals surface area contributed by atoms with Gasteiger partial charge >= 0.3 is 0 Å². The van der Waals surface area contributed by atoms with Gasteiger partial charge in [-0.1, -0.05) is 11.6 Å². The van der Waals surface area contributed by atoms with Crippen molar-refractivity contribution in [3.63, 3.8) is 0 Å². The molecule has 0 atom stereocenters. The summed E-state index contributed by atoms with van der Waals surface area (Å²) in [6.07, 6.45) is 0.744. The summed E-state index contributed by atoms with van der Waals surface area (Å²) >= 11 is 5.85. The molecule has 0 aliphatic carbocycles. The van der Waals surface area contributed by atoms with Crippen molar-refractivity contribution < 1.29 is 14.3 Å². The normalized spacial score (nSPS) is 9.90. The highest BCUT2D eigenvalue weighted by atomic mass is 35.5. The van der Waals surface area contributed by atoms with Gasteiger partial charge in [-0.2, -0.15) is 0 Å². The average Bonchev–Trinajstić information content (AvgIpc) is 2.47. The molecule has 2 aromatic carbocycles. The Morgan fingerprint density at radius 3 is 2.50 bits per heavy atom. The lowest BCUT2D eigenvalue weighted by Crippen LogP contribution is -2.13. The van der Waals surface area contributed by atoms with Crippen LogP contribution in [0.1, 0.15) is 20.7 Å². The summed E-state index contributed by atoms with van der Waals surface area (Å²) in [7, 11) is 1.47. The van der Waals surface area contributed by atoms with E-state index < -0.39 is 0 Å². The lowest BCUT2D eigenvalue weighted by atomic mass is 10.1. The highest BCUT2D eigenvalue weighted by Gasteiger charge is 2.12. The van der Waals surface area contributed by atoms with Gasteiger partial charge in [0.05, 0.1) is 12.7 Å². The van der Waals surface area contributed by atoms with Gasteiger partial charge in [-0.15, -0.1) is 0 Å². The second-order valence-electron chi connectivity index (χ2n) is 4.04. The van der Waals surface area contributed by atoms with Gasteiger partial charge in [0, 0.05) is 16.3 Å². The maximum atomic E-state index is 12.2. The van der Waals surface area contributed by atoms with Crippen LogP contribution < -0.4 is 10.1 Å². The number of hydrogen-bond donors (Lipinski definition) is 1. The van der Waals surface area contributed by atoms with Gasteiger partial charge in [-0.05, 0) is 42.5 Å². The average molecular weight is 290 g/mol. The van der Waals surface area contributed by atoms with E-state index in [1.165, 1.54) is 7.11 Å². The lowest BCUT2D eigenvalue weighted by Gasteiger charge is -2.09. The van der Waals surface area contributed by atoms with E-state index in [0.29, 0.717) is 27.6 Å². The van der Waals surface area contributed by atoms with E-state index >= 15 is 0 Å². The summed E-state index contributed by atoms with van der Waals surface area (Å²) in [5, 5.41) is 3.22. The smallest absolute Gasteiger partial charge is 0.259 e. The number of amides is 1. The van der Waals surface area contributed by atoms with Crippen LogP contribution in [-0.4, -0.2) is 19.3 Å². The fourth-order valence-electron chi connectivity index (χ4n) is 1.70. The molecule has 5 heteroatoms. The number of methoxy groups -OCH3 is 1. The van der Waals surface area contributed by atoms with E-state index in [1.807, 2.05) is 0 Å². The fourth-order valence-corrected chi connectivity index (χ4v) is 1.86. The van der Waals surface area contributed by atoms with Crippen molar-refractivity contribution in [3.05, 3.63) is 58.6 Å². The topological polar surface area (TPSA) is 55.4 Å². The van der Waals surface area contributed by atoms with Crippen molar-refractivity contribution in [2.45, 2.75) is 0 Å². The highest BCUT2D eigenvalue weighted by molar-refractivity contribution is 6.31. The lowest BCUT2D eigenvalue weighted by molar-refractivity contribution is 0.102. The molecule has 0 aliphatic rings. The first-order valence-corrected chi connectivity index (χ1v) is 6.22. The molecule has 0 saturated heterocycles. The third-order valence-corrected chi connectivity index (χ3v) is 2.95. The first-order valence-electron chi connectivity index (χ1n) is 5.84. The molecule has 1 amide bonds. The van der Waals surface area contributed by atoms with Crippen LogP contribution in [0.3, 0.4) is 0 Å². The Kier molecular flexibility index (Phi) is 4.38. The van der Waals surface area contributed by atoms with E-state index in [1.54, 1.807) is 42.5 Å². The van der Waals surface area contributed by atoms with Gasteiger partial charge < -0.3 is 10.1 Å². The Morgan fingerprint density at radius 2 is 1.90 bits per heavy atom.